The largest absolute Gasteiger partial charge is 0.494 e. The molecule has 14 heavy (non-hydrogen) atoms. The summed E-state index contributed by atoms with van der Waals surface area (Å²) >= 11 is 0. The molecule has 0 unspecified atom stereocenters. The van der Waals surface area contributed by atoms with Crippen LogP contribution >= 0.6 is 0 Å². The number of hydrogen-bond donors (Lipinski definition) is 1. The molecule has 1 saturated carbocycles. The SMILES string of the molecule is CCOc1ccc([C@H]2C[C@@H]2CN)cc1. The van der Waals surface area contributed by atoms with Crippen LogP contribution in [0.2, 0.25) is 0 Å². The summed E-state index contributed by atoms with van der Waals surface area (Å²) in [6.07, 6.45) is 1.25. The van der Waals surface area contributed by atoms with Crippen LogP contribution in [0.4, 0.5) is 0 Å². The molecule has 0 bridgehead atoms. The minimum atomic E-state index is 0.704. The minimum absolute atomic E-state index is 0.704. The zero-order valence-electron chi connectivity index (χ0n) is 8.57. The maximum atomic E-state index is 5.61. The highest BCUT2D eigenvalue weighted by atomic mass is 16.5. The van der Waals surface area contributed by atoms with Gasteiger partial charge in [0.2, 0.25) is 0 Å². The Morgan fingerprint density at radius 3 is 2.57 bits per heavy atom. The molecular weight excluding hydrogens is 174 g/mol. The summed E-state index contributed by atoms with van der Waals surface area (Å²) in [5.74, 6) is 2.38. The van der Waals surface area contributed by atoms with Gasteiger partial charge in [0.1, 0.15) is 5.75 Å². The number of hydrogen-bond acceptors (Lipinski definition) is 2. The van der Waals surface area contributed by atoms with Gasteiger partial charge in [-0.1, -0.05) is 12.1 Å². The zero-order chi connectivity index (χ0) is 9.97. The average Bonchev–Trinajstić information content (AvgIpc) is 2.99. The molecule has 0 radical (unpaired) electrons. The van der Waals surface area contributed by atoms with Crippen LogP contribution in [0.5, 0.6) is 5.75 Å². The zero-order valence-corrected chi connectivity index (χ0v) is 8.57. The fourth-order valence-electron chi connectivity index (χ4n) is 1.89. The minimum Gasteiger partial charge on any atom is -0.494 e. The summed E-state index contributed by atoms with van der Waals surface area (Å²) < 4.78 is 5.39. The van der Waals surface area contributed by atoms with Gasteiger partial charge in [0.25, 0.3) is 0 Å². The lowest BCUT2D eigenvalue weighted by Gasteiger charge is -2.04. The van der Waals surface area contributed by atoms with Crippen molar-refractivity contribution in [2.75, 3.05) is 13.2 Å². The third-order valence-electron chi connectivity index (χ3n) is 2.84. The predicted molar refractivity (Wildman–Crippen MR) is 57.5 cm³/mol. The van der Waals surface area contributed by atoms with E-state index < -0.39 is 0 Å². The topological polar surface area (TPSA) is 35.2 Å². The standard InChI is InChI=1S/C12H17NO/c1-2-14-11-5-3-9(4-6-11)12-7-10(12)8-13/h3-6,10,12H,2,7-8,13H2,1H3/t10-,12-/m1/s1. The van der Waals surface area contributed by atoms with Crippen molar-refractivity contribution in [2.45, 2.75) is 19.3 Å². The average molecular weight is 191 g/mol. The van der Waals surface area contributed by atoms with Crippen LogP contribution in [0, 0.1) is 5.92 Å². The van der Waals surface area contributed by atoms with Gasteiger partial charge >= 0.3 is 0 Å². The molecule has 76 valence electrons. The first-order chi connectivity index (χ1) is 6.85. The summed E-state index contributed by atoms with van der Waals surface area (Å²) in [7, 11) is 0. The van der Waals surface area contributed by atoms with Gasteiger partial charge in [-0.2, -0.15) is 0 Å². The lowest BCUT2D eigenvalue weighted by atomic mass is 10.1. The molecule has 1 aromatic carbocycles. The number of benzene rings is 1. The second-order valence-corrected chi connectivity index (χ2v) is 3.84. The Kier molecular flexibility index (Phi) is 2.73. The van der Waals surface area contributed by atoms with Crippen molar-refractivity contribution in [1.82, 2.24) is 0 Å². The molecule has 0 amide bonds. The lowest BCUT2D eigenvalue weighted by molar-refractivity contribution is 0.340. The summed E-state index contributed by atoms with van der Waals surface area (Å²) in [4.78, 5) is 0. The Balaban J connectivity index is 2.00. The van der Waals surface area contributed by atoms with Crippen molar-refractivity contribution in [3.05, 3.63) is 29.8 Å². The summed E-state index contributed by atoms with van der Waals surface area (Å²) in [6, 6.07) is 8.41. The fourth-order valence-corrected chi connectivity index (χ4v) is 1.89. The maximum absolute atomic E-state index is 5.61. The van der Waals surface area contributed by atoms with Crippen LogP contribution < -0.4 is 10.5 Å². The Morgan fingerprint density at radius 2 is 2.07 bits per heavy atom. The van der Waals surface area contributed by atoms with E-state index in [-0.39, 0.29) is 0 Å². The summed E-state index contributed by atoms with van der Waals surface area (Å²) in [5, 5.41) is 0. The van der Waals surface area contributed by atoms with Crippen LogP contribution in [-0.2, 0) is 0 Å². The molecule has 0 aromatic heterocycles. The van der Waals surface area contributed by atoms with E-state index in [1.807, 2.05) is 19.1 Å². The molecule has 0 heterocycles. The molecule has 1 aliphatic rings. The van der Waals surface area contributed by atoms with Crippen LogP contribution in [-0.4, -0.2) is 13.2 Å². The second-order valence-electron chi connectivity index (χ2n) is 3.84. The van der Waals surface area contributed by atoms with Crippen molar-refractivity contribution in [2.24, 2.45) is 11.7 Å². The Bertz CT molecular complexity index is 294. The van der Waals surface area contributed by atoms with Crippen molar-refractivity contribution < 1.29 is 4.74 Å². The van der Waals surface area contributed by atoms with E-state index in [2.05, 4.69) is 12.1 Å². The molecule has 2 rings (SSSR count). The van der Waals surface area contributed by atoms with Gasteiger partial charge < -0.3 is 10.5 Å². The molecule has 2 atom stereocenters. The molecular formula is C12H17NO. The van der Waals surface area contributed by atoms with Crippen molar-refractivity contribution in [3.8, 4) is 5.75 Å². The van der Waals surface area contributed by atoms with Gasteiger partial charge in [-0.3, -0.25) is 0 Å². The third kappa shape index (κ3) is 1.90. The first-order valence-corrected chi connectivity index (χ1v) is 5.28. The third-order valence-corrected chi connectivity index (χ3v) is 2.84. The molecule has 0 saturated heterocycles. The first-order valence-electron chi connectivity index (χ1n) is 5.28. The molecule has 0 spiro atoms. The van der Waals surface area contributed by atoms with Crippen LogP contribution in [0.3, 0.4) is 0 Å². The summed E-state index contributed by atoms with van der Waals surface area (Å²) in [6.45, 7) is 3.55. The fraction of sp³-hybridized carbons (Fsp3) is 0.500. The molecule has 2 N–H and O–H groups in total. The molecule has 1 fully saturated rings. The Labute approximate surface area is 85.1 Å². The quantitative estimate of drug-likeness (QED) is 0.791. The second kappa shape index (κ2) is 4.01. The highest BCUT2D eigenvalue weighted by Crippen LogP contribution is 2.46. The van der Waals surface area contributed by atoms with Gasteiger partial charge in [0.15, 0.2) is 0 Å². The van der Waals surface area contributed by atoms with Crippen LogP contribution in [0.1, 0.15) is 24.8 Å². The van der Waals surface area contributed by atoms with Crippen molar-refractivity contribution in [1.29, 1.82) is 0 Å². The molecule has 1 aromatic rings. The molecule has 0 aliphatic heterocycles. The first kappa shape index (κ1) is 9.53. The van der Waals surface area contributed by atoms with Gasteiger partial charge in [-0.25, -0.2) is 0 Å². The molecule has 2 heteroatoms. The monoisotopic (exact) mass is 191 g/mol. The highest BCUT2D eigenvalue weighted by molar-refractivity contribution is 5.32. The predicted octanol–water partition coefficient (Wildman–Crippen LogP) is 2.15. The number of nitrogens with two attached hydrogens (primary N) is 1. The lowest BCUT2D eigenvalue weighted by Crippen LogP contribution is -2.01. The van der Waals surface area contributed by atoms with E-state index in [9.17, 15) is 0 Å². The van der Waals surface area contributed by atoms with E-state index in [1.165, 1.54) is 12.0 Å². The van der Waals surface area contributed by atoms with E-state index in [0.29, 0.717) is 11.8 Å². The smallest absolute Gasteiger partial charge is 0.119 e. The number of ether oxygens (including phenoxy) is 1. The number of rotatable bonds is 4. The van der Waals surface area contributed by atoms with E-state index in [0.717, 1.165) is 18.9 Å². The van der Waals surface area contributed by atoms with E-state index in [1.54, 1.807) is 0 Å². The molecule has 2 nitrogen and oxygen atoms in total. The van der Waals surface area contributed by atoms with Crippen LogP contribution in [0.15, 0.2) is 24.3 Å². The highest BCUT2D eigenvalue weighted by Gasteiger charge is 2.36. The van der Waals surface area contributed by atoms with Crippen molar-refractivity contribution >= 4 is 0 Å². The Morgan fingerprint density at radius 1 is 1.36 bits per heavy atom. The Hall–Kier alpha value is -1.02. The normalized spacial score (nSPS) is 24.7. The van der Waals surface area contributed by atoms with Crippen LogP contribution in [0.25, 0.3) is 0 Å². The maximum Gasteiger partial charge on any atom is 0.119 e. The van der Waals surface area contributed by atoms with Gasteiger partial charge in [-0.15, -0.1) is 0 Å². The van der Waals surface area contributed by atoms with E-state index in [4.69, 9.17) is 10.5 Å². The van der Waals surface area contributed by atoms with Gasteiger partial charge in [0, 0.05) is 0 Å². The van der Waals surface area contributed by atoms with Gasteiger partial charge in [0.05, 0.1) is 6.61 Å². The summed E-state index contributed by atoms with van der Waals surface area (Å²) in [5.41, 5.74) is 7.02. The van der Waals surface area contributed by atoms with E-state index >= 15 is 0 Å². The van der Waals surface area contributed by atoms with Crippen molar-refractivity contribution in [3.63, 3.8) is 0 Å². The molecule has 1 aliphatic carbocycles. The van der Waals surface area contributed by atoms with Gasteiger partial charge in [-0.05, 0) is 49.4 Å².